The van der Waals surface area contributed by atoms with Crippen LogP contribution in [0.3, 0.4) is 0 Å². The molecule has 1 fully saturated rings. The molecule has 3 aromatic rings. The topological polar surface area (TPSA) is 69.4 Å². The highest BCUT2D eigenvalue weighted by Gasteiger charge is 2.27. The third-order valence-corrected chi connectivity index (χ3v) is 5.38. The monoisotopic (exact) mass is 392 g/mol. The molecule has 1 aliphatic heterocycles. The Labute approximate surface area is 169 Å². The Morgan fingerprint density at radius 3 is 2.48 bits per heavy atom. The Hall–Kier alpha value is -3.35. The first-order valence-corrected chi connectivity index (χ1v) is 9.77. The molecule has 1 saturated heterocycles. The molecule has 0 N–H and O–H groups in total. The fourth-order valence-electron chi connectivity index (χ4n) is 3.76. The third kappa shape index (κ3) is 3.68. The minimum atomic E-state index is -0.339. The zero-order valence-corrected chi connectivity index (χ0v) is 16.6. The molecule has 1 atom stereocenters. The number of likely N-dealkylation sites (tertiary alicyclic amines) is 1. The van der Waals surface area contributed by atoms with Crippen LogP contribution in [0.25, 0.3) is 17.1 Å². The largest absolute Gasteiger partial charge is 0.497 e. The Bertz CT molecular complexity index is 1050. The number of hydrogen-bond donors (Lipinski definition) is 0. The lowest BCUT2D eigenvalue weighted by Crippen LogP contribution is -2.38. The lowest BCUT2D eigenvalue weighted by Gasteiger charge is -2.21. The average Bonchev–Trinajstić information content (AvgIpc) is 3.32. The van der Waals surface area contributed by atoms with Crippen molar-refractivity contribution in [1.29, 1.82) is 0 Å². The lowest BCUT2D eigenvalue weighted by atomic mass is 10.2. The summed E-state index contributed by atoms with van der Waals surface area (Å²) < 4.78 is 7.99. The standard InChI is InChI=1S/C22H24N4O3/c1-16-7-6-14-24(16)20(27)15-25-21(17-8-4-3-5-9-17)23-26(22(25)28)18-10-12-19(29-2)13-11-18/h3-5,8-13,16H,6-7,14-15H2,1-2H3/t16-/m0/s1. The van der Waals surface area contributed by atoms with Gasteiger partial charge in [-0.3, -0.25) is 9.36 Å². The summed E-state index contributed by atoms with van der Waals surface area (Å²) in [4.78, 5) is 28.0. The Balaban J connectivity index is 1.76. The van der Waals surface area contributed by atoms with E-state index in [2.05, 4.69) is 5.10 Å². The summed E-state index contributed by atoms with van der Waals surface area (Å²) in [7, 11) is 1.59. The van der Waals surface area contributed by atoms with Gasteiger partial charge in [-0.15, -0.1) is 5.10 Å². The molecule has 7 heteroatoms. The highest BCUT2D eigenvalue weighted by Crippen LogP contribution is 2.20. The van der Waals surface area contributed by atoms with Crippen LogP contribution in [0, 0.1) is 0 Å². The minimum absolute atomic E-state index is 0.0243. The highest BCUT2D eigenvalue weighted by molar-refractivity contribution is 5.77. The summed E-state index contributed by atoms with van der Waals surface area (Å²) in [6.45, 7) is 2.76. The predicted molar refractivity (Wildman–Crippen MR) is 110 cm³/mol. The third-order valence-electron chi connectivity index (χ3n) is 5.38. The van der Waals surface area contributed by atoms with Crippen molar-refractivity contribution < 1.29 is 9.53 Å². The molecule has 0 unspecified atom stereocenters. The van der Waals surface area contributed by atoms with Crippen LogP contribution in [0.4, 0.5) is 0 Å². The van der Waals surface area contributed by atoms with Gasteiger partial charge in [-0.1, -0.05) is 30.3 Å². The smallest absolute Gasteiger partial charge is 0.351 e. The molecule has 150 valence electrons. The number of hydrogen-bond acceptors (Lipinski definition) is 4. The van der Waals surface area contributed by atoms with Gasteiger partial charge in [-0.05, 0) is 44.0 Å². The van der Waals surface area contributed by atoms with Crippen molar-refractivity contribution in [3.8, 4) is 22.8 Å². The first-order valence-electron chi connectivity index (χ1n) is 9.77. The molecule has 2 aromatic carbocycles. The lowest BCUT2D eigenvalue weighted by molar-refractivity contribution is -0.132. The first kappa shape index (κ1) is 19.0. The van der Waals surface area contributed by atoms with Gasteiger partial charge < -0.3 is 9.64 Å². The van der Waals surface area contributed by atoms with Gasteiger partial charge in [-0.25, -0.2) is 4.79 Å². The highest BCUT2D eigenvalue weighted by atomic mass is 16.5. The zero-order valence-electron chi connectivity index (χ0n) is 16.6. The summed E-state index contributed by atoms with van der Waals surface area (Å²) in [5.41, 5.74) is 1.07. The van der Waals surface area contributed by atoms with Crippen LogP contribution < -0.4 is 10.4 Å². The molecule has 1 aromatic heterocycles. The number of nitrogens with zero attached hydrogens (tertiary/aromatic N) is 4. The van der Waals surface area contributed by atoms with E-state index in [-0.39, 0.29) is 24.2 Å². The number of benzene rings is 2. The van der Waals surface area contributed by atoms with E-state index in [9.17, 15) is 9.59 Å². The van der Waals surface area contributed by atoms with Gasteiger partial charge in [0.2, 0.25) is 5.91 Å². The molecule has 0 aliphatic carbocycles. The van der Waals surface area contributed by atoms with Crippen molar-refractivity contribution in [2.75, 3.05) is 13.7 Å². The molecule has 2 heterocycles. The van der Waals surface area contributed by atoms with Gasteiger partial charge in [0, 0.05) is 18.2 Å². The average molecular weight is 392 g/mol. The molecule has 29 heavy (non-hydrogen) atoms. The maximum atomic E-state index is 13.2. The second-order valence-corrected chi connectivity index (χ2v) is 7.25. The van der Waals surface area contributed by atoms with E-state index in [0.29, 0.717) is 17.3 Å². The number of methoxy groups -OCH3 is 1. The zero-order chi connectivity index (χ0) is 20.4. The van der Waals surface area contributed by atoms with E-state index in [4.69, 9.17) is 4.74 Å². The molecule has 7 nitrogen and oxygen atoms in total. The van der Waals surface area contributed by atoms with Crippen LogP contribution in [-0.2, 0) is 11.3 Å². The van der Waals surface area contributed by atoms with Crippen molar-refractivity contribution in [1.82, 2.24) is 19.2 Å². The Morgan fingerprint density at radius 1 is 1.14 bits per heavy atom. The quantitative estimate of drug-likeness (QED) is 0.670. The number of carbonyl (C=O) groups excluding carboxylic acids is 1. The van der Waals surface area contributed by atoms with Crippen molar-refractivity contribution >= 4 is 5.91 Å². The molecular weight excluding hydrogens is 368 g/mol. The van der Waals surface area contributed by atoms with E-state index in [1.165, 1.54) is 9.25 Å². The summed E-state index contributed by atoms with van der Waals surface area (Å²) in [5.74, 6) is 1.12. The first-order chi connectivity index (χ1) is 14.1. The van der Waals surface area contributed by atoms with Crippen LogP contribution in [0.1, 0.15) is 19.8 Å². The van der Waals surface area contributed by atoms with Gasteiger partial charge >= 0.3 is 5.69 Å². The van der Waals surface area contributed by atoms with Crippen LogP contribution in [0.2, 0.25) is 0 Å². The Kier molecular flexibility index (Phi) is 5.20. The fourth-order valence-corrected chi connectivity index (χ4v) is 3.76. The summed E-state index contributed by atoms with van der Waals surface area (Å²) in [5, 5.41) is 4.56. The van der Waals surface area contributed by atoms with E-state index in [1.54, 1.807) is 31.4 Å². The second kappa shape index (κ2) is 7.95. The van der Waals surface area contributed by atoms with Crippen molar-refractivity contribution in [3.05, 3.63) is 65.1 Å². The Morgan fingerprint density at radius 2 is 1.86 bits per heavy atom. The van der Waals surface area contributed by atoms with E-state index in [0.717, 1.165) is 24.9 Å². The van der Waals surface area contributed by atoms with Crippen molar-refractivity contribution in [2.24, 2.45) is 0 Å². The molecule has 1 aliphatic rings. The van der Waals surface area contributed by atoms with E-state index >= 15 is 0 Å². The predicted octanol–water partition coefficient (Wildman–Crippen LogP) is 2.72. The van der Waals surface area contributed by atoms with Crippen LogP contribution in [0.5, 0.6) is 5.75 Å². The second-order valence-electron chi connectivity index (χ2n) is 7.25. The van der Waals surface area contributed by atoms with Crippen LogP contribution >= 0.6 is 0 Å². The molecule has 4 rings (SSSR count). The molecule has 0 bridgehead atoms. The van der Waals surface area contributed by atoms with Crippen LogP contribution in [0.15, 0.2) is 59.4 Å². The maximum absolute atomic E-state index is 13.2. The SMILES string of the molecule is COc1ccc(-n2nc(-c3ccccc3)n(CC(=O)N3CCC[C@@H]3C)c2=O)cc1. The van der Waals surface area contributed by atoms with Gasteiger partial charge in [-0.2, -0.15) is 4.68 Å². The summed E-state index contributed by atoms with van der Waals surface area (Å²) >= 11 is 0. The molecule has 0 radical (unpaired) electrons. The number of rotatable bonds is 5. The van der Waals surface area contributed by atoms with Gasteiger partial charge in [0.05, 0.1) is 12.8 Å². The minimum Gasteiger partial charge on any atom is -0.497 e. The number of ether oxygens (including phenoxy) is 1. The molecule has 0 saturated carbocycles. The van der Waals surface area contributed by atoms with Gasteiger partial charge in [0.1, 0.15) is 12.3 Å². The number of aromatic nitrogens is 3. The summed E-state index contributed by atoms with van der Waals surface area (Å²) in [6, 6.07) is 16.8. The van der Waals surface area contributed by atoms with Gasteiger partial charge in [0.15, 0.2) is 5.82 Å². The van der Waals surface area contributed by atoms with E-state index < -0.39 is 0 Å². The fraction of sp³-hybridized carbons (Fsp3) is 0.318. The maximum Gasteiger partial charge on any atom is 0.351 e. The number of carbonyl (C=O) groups is 1. The van der Waals surface area contributed by atoms with Crippen molar-refractivity contribution in [3.63, 3.8) is 0 Å². The number of amides is 1. The summed E-state index contributed by atoms with van der Waals surface area (Å²) in [6.07, 6.45) is 2.00. The normalized spacial score (nSPS) is 16.2. The van der Waals surface area contributed by atoms with Crippen molar-refractivity contribution in [2.45, 2.75) is 32.4 Å². The molecular formula is C22H24N4O3. The van der Waals surface area contributed by atoms with E-state index in [1.807, 2.05) is 42.2 Å². The van der Waals surface area contributed by atoms with Crippen LogP contribution in [-0.4, -0.2) is 44.9 Å². The molecule has 0 spiro atoms. The molecule has 1 amide bonds. The van der Waals surface area contributed by atoms with Gasteiger partial charge in [0.25, 0.3) is 0 Å².